The average molecular weight is 429 g/mol. The fourth-order valence-electron chi connectivity index (χ4n) is 1.82. The number of thiazole rings is 1. The van der Waals surface area contributed by atoms with Crippen molar-refractivity contribution >= 4 is 64.4 Å². The molecule has 0 saturated heterocycles. The minimum Gasteiger partial charge on any atom is -0.494 e. The summed E-state index contributed by atoms with van der Waals surface area (Å²) in [7, 11) is 0. The normalized spacial score (nSPS) is 10.8. The Kier molecular flexibility index (Phi) is 4.42. The van der Waals surface area contributed by atoms with Gasteiger partial charge in [-0.1, -0.05) is 11.3 Å². The first kappa shape index (κ1) is 14.7. The molecule has 3 rings (SSSR count). The predicted molar refractivity (Wildman–Crippen MR) is 93.7 cm³/mol. The van der Waals surface area contributed by atoms with Crippen LogP contribution in [0.15, 0.2) is 39.4 Å². The molecule has 0 saturated carbocycles. The van der Waals surface area contributed by atoms with Crippen molar-refractivity contribution in [2.45, 2.75) is 6.92 Å². The van der Waals surface area contributed by atoms with Crippen LogP contribution in [0, 0.1) is 0 Å². The topological polar surface area (TPSA) is 47.0 Å². The molecule has 0 aliphatic rings. The Hall–Kier alpha value is -1.18. The van der Waals surface area contributed by atoms with Gasteiger partial charge in [0.15, 0.2) is 5.13 Å². The number of rotatable bonds is 4. The van der Waals surface area contributed by atoms with Crippen LogP contribution in [-0.2, 0) is 0 Å². The number of benzene rings is 1. The Labute approximate surface area is 142 Å². The second-order valence-corrected chi connectivity index (χ2v) is 6.99. The summed E-state index contributed by atoms with van der Waals surface area (Å²) < 4.78 is 8.39. The monoisotopic (exact) mass is 427 g/mol. The zero-order valence-corrected chi connectivity index (χ0v) is 15.0. The van der Waals surface area contributed by atoms with E-state index >= 15 is 0 Å². The van der Waals surface area contributed by atoms with E-state index in [1.807, 2.05) is 31.2 Å². The predicted octanol–water partition coefficient (Wildman–Crippen LogP) is 5.36. The molecule has 3 aromatic rings. The number of halogens is 2. The second kappa shape index (κ2) is 6.29. The lowest BCUT2D eigenvalue weighted by Gasteiger charge is -2.03. The van der Waals surface area contributed by atoms with Crippen molar-refractivity contribution in [3.05, 3.63) is 39.4 Å². The molecule has 0 amide bonds. The summed E-state index contributed by atoms with van der Waals surface area (Å²) in [5.74, 6) is 1.60. The average Bonchev–Trinajstić information content (AvgIpc) is 2.84. The van der Waals surface area contributed by atoms with Gasteiger partial charge in [0.05, 0.1) is 21.3 Å². The summed E-state index contributed by atoms with van der Waals surface area (Å²) in [6, 6.07) is 7.84. The smallest absolute Gasteiger partial charge is 0.189 e. The van der Waals surface area contributed by atoms with Crippen molar-refractivity contribution in [1.82, 2.24) is 9.97 Å². The first-order valence-electron chi connectivity index (χ1n) is 6.27. The molecule has 21 heavy (non-hydrogen) atoms. The van der Waals surface area contributed by atoms with Gasteiger partial charge in [-0.15, -0.1) is 0 Å². The quantitative estimate of drug-likeness (QED) is 0.607. The lowest BCUT2D eigenvalue weighted by Crippen LogP contribution is -1.93. The van der Waals surface area contributed by atoms with Crippen LogP contribution in [0.2, 0.25) is 0 Å². The van der Waals surface area contributed by atoms with Crippen molar-refractivity contribution in [3.63, 3.8) is 0 Å². The van der Waals surface area contributed by atoms with Gasteiger partial charge in [-0.25, -0.2) is 9.97 Å². The lowest BCUT2D eigenvalue weighted by molar-refractivity contribution is 0.341. The Bertz CT molecular complexity index is 791. The van der Waals surface area contributed by atoms with Crippen LogP contribution >= 0.6 is 43.2 Å². The van der Waals surface area contributed by atoms with Gasteiger partial charge in [0, 0.05) is 10.7 Å². The molecule has 108 valence electrons. The van der Waals surface area contributed by atoms with Gasteiger partial charge in [0.1, 0.15) is 11.6 Å². The molecule has 7 heteroatoms. The van der Waals surface area contributed by atoms with Gasteiger partial charge in [-0.05, 0) is 63.0 Å². The molecule has 0 atom stereocenters. The fourth-order valence-corrected chi connectivity index (χ4v) is 3.80. The number of nitrogens with zero attached hydrogens (tertiary/aromatic N) is 2. The van der Waals surface area contributed by atoms with Crippen LogP contribution in [-0.4, -0.2) is 16.6 Å². The summed E-state index contributed by atoms with van der Waals surface area (Å²) in [6.07, 6.45) is 1.74. The summed E-state index contributed by atoms with van der Waals surface area (Å²) in [6.45, 7) is 2.63. The van der Waals surface area contributed by atoms with Gasteiger partial charge >= 0.3 is 0 Å². The summed E-state index contributed by atoms with van der Waals surface area (Å²) >= 11 is 8.44. The summed E-state index contributed by atoms with van der Waals surface area (Å²) in [5, 5.41) is 4.03. The van der Waals surface area contributed by atoms with E-state index < -0.39 is 0 Å². The molecule has 2 heterocycles. The maximum Gasteiger partial charge on any atom is 0.189 e. The maximum atomic E-state index is 5.51. The summed E-state index contributed by atoms with van der Waals surface area (Å²) in [5.41, 5.74) is 0.944. The minimum atomic E-state index is 0.658. The van der Waals surface area contributed by atoms with Gasteiger partial charge in [-0.2, -0.15) is 0 Å². The first-order valence-corrected chi connectivity index (χ1v) is 8.67. The largest absolute Gasteiger partial charge is 0.494 e. The van der Waals surface area contributed by atoms with E-state index in [9.17, 15) is 0 Å². The molecule has 0 aliphatic heterocycles. The molecule has 0 bridgehead atoms. The Morgan fingerprint density at radius 3 is 2.90 bits per heavy atom. The van der Waals surface area contributed by atoms with E-state index in [4.69, 9.17) is 4.74 Å². The van der Waals surface area contributed by atoms with Gasteiger partial charge in [0.2, 0.25) is 0 Å². The van der Waals surface area contributed by atoms with E-state index in [1.54, 1.807) is 17.5 Å². The number of hydrogen-bond donors (Lipinski definition) is 1. The molecule has 2 aromatic heterocycles. The third-order valence-electron chi connectivity index (χ3n) is 2.70. The van der Waals surface area contributed by atoms with E-state index in [0.717, 1.165) is 35.9 Å². The Balaban J connectivity index is 1.90. The molecule has 0 radical (unpaired) electrons. The number of anilines is 2. The first-order chi connectivity index (χ1) is 10.2. The standard InChI is InChI=1S/C14H11Br2N3OS/c1-2-20-9-3-4-11-12(6-9)21-14(18-11)19-13-10(16)5-8(15)7-17-13/h3-7H,2H2,1H3,(H,17,18,19). The number of pyridine rings is 1. The summed E-state index contributed by atoms with van der Waals surface area (Å²) in [4.78, 5) is 8.88. The van der Waals surface area contributed by atoms with Crippen molar-refractivity contribution in [3.8, 4) is 5.75 Å². The van der Waals surface area contributed by atoms with Crippen LogP contribution in [0.4, 0.5) is 10.9 Å². The van der Waals surface area contributed by atoms with Crippen LogP contribution < -0.4 is 10.1 Å². The molecule has 1 N–H and O–H groups in total. The van der Waals surface area contributed by atoms with E-state index in [1.165, 1.54) is 0 Å². The highest BCUT2D eigenvalue weighted by molar-refractivity contribution is 9.11. The Morgan fingerprint density at radius 2 is 2.14 bits per heavy atom. The number of fused-ring (bicyclic) bond motifs is 1. The minimum absolute atomic E-state index is 0.658. The van der Waals surface area contributed by atoms with E-state index in [-0.39, 0.29) is 0 Å². The highest BCUT2D eigenvalue weighted by Gasteiger charge is 2.08. The second-order valence-electron chi connectivity index (χ2n) is 4.19. The van der Waals surface area contributed by atoms with Crippen LogP contribution in [0.25, 0.3) is 10.2 Å². The van der Waals surface area contributed by atoms with Crippen LogP contribution in [0.5, 0.6) is 5.75 Å². The third-order valence-corrected chi connectivity index (χ3v) is 4.68. The van der Waals surface area contributed by atoms with Crippen LogP contribution in [0.1, 0.15) is 6.92 Å². The van der Waals surface area contributed by atoms with Crippen molar-refractivity contribution in [1.29, 1.82) is 0 Å². The number of aromatic nitrogens is 2. The number of ether oxygens (including phenoxy) is 1. The Morgan fingerprint density at radius 1 is 1.29 bits per heavy atom. The van der Waals surface area contributed by atoms with Gasteiger partial charge in [-0.3, -0.25) is 0 Å². The molecule has 0 unspecified atom stereocenters. The molecular formula is C14H11Br2N3OS. The molecule has 0 fully saturated rings. The van der Waals surface area contributed by atoms with Gasteiger partial charge in [0.25, 0.3) is 0 Å². The molecular weight excluding hydrogens is 418 g/mol. The van der Waals surface area contributed by atoms with Crippen molar-refractivity contribution in [2.75, 3.05) is 11.9 Å². The molecule has 1 aromatic carbocycles. The molecule has 0 aliphatic carbocycles. The third kappa shape index (κ3) is 3.36. The highest BCUT2D eigenvalue weighted by atomic mass is 79.9. The number of nitrogens with one attached hydrogen (secondary N) is 1. The zero-order chi connectivity index (χ0) is 14.8. The SMILES string of the molecule is CCOc1ccc2nc(Nc3ncc(Br)cc3Br)sc2c1. The molecule has 4 nitrogen and oxygen atoms in total. The van der Waals surface area contributed by atoms with Crippen molar-refractivity contribution < 1.29 is 4.74 Å². The zero-order valence-electron chi connectivity index (χ0n) is 11.1. The van der Waals surface area contributed by atoms with Gasteiger partial charge < -0.3 is 10.1 Å². The highest BCUT2D eigenvalue weighted by Crippen LogP contribution is 2.32. The molecule has 0 spiro atoms. The lowest BCUT2D eigenvalue weighted by atomic mass is 10.3. The fraction of sp³-hybridized carbons (Fsp3) is 0.143. The van der Waals surface area contributed by atoms with E-state index in [2.05, 4.69) is 47.1 Å². The number of hydrogen-bond acceptors (Lipinski definition) is 5. The van der Waals surface area contributed by atoms with Crippen LogP contribution in [0.3, 0.4) is 0 Å². The van der Waals surface area contributed by atoms with Crippen molar-refractivity contribution in [2.24, 2.45) is 0 Å². The van der Waals surface area contributed by atoms with E-state index in [0.29, 0.717) is 6.61 Å². The maximum absolute atomic E-state index is 5.51.